The predicted octanol–water partition coefficient (Wildman–Crippen LogP) is 2.30. The Morgan fingerprint density at radius 2 is 2.08 bits per heavy atom. The molecule has 2 heterocycles. The predicted molar refractivity (Wildman–Crippen MR) is 101 cm³/mol. The fourth-order valence-corrected chi connectivity index (χ4v) is 3.20. The van der Waals surface area contributed by atoms with Crippen LogP contribution in [0.3, 0.4) is 0 Å². The summed E-state index contributed by atoms with van der Waals surface area (Å²) in [6.45, 7) is 2.20. The van der Waals surface area contributed by atoms with Crippen LogP contribution in [0.1, 0.15) is 24.7 Å². The molecular formula is C18H18N4O3S. The number of nitrogens with zero attached hydrogens (tertiary/aromatic N) is 2. The van der Waals surface area contributed by atoms with Crippen molar-refractivity contribution in [2.75, 3.05) is 0 Å². The van der Waals surface area contributed by atoms with Gasteiger partial charge in [-0.1, -0.05) is 42.1 Å². The molecule has 2 N–H and O–H groups in total. The van der Waals surface area contributed by atoms with E-state index in [0.717, 1.165) is 5.56 Å². The summed E-state index contributed by atoms with van der Waals surface area (Å²) in [6, 6.07) is 13.1. The highest BCUT2D eigenvalue weighted by Gasteiger charge is 2.32. The van der Waals surface area contributed by atoms with Crippen LogP contribution < -0.4 is 10.6 Å². The zero-order valence-corrected chi connectivity index (χ0v) is 15.0. The Hall–Kier alpha value is -2.87. The molecule has 1 aromatic carbocycles. The SMILES string of the molecule is C/C(=N/N=C1\NC(=O)[C@H](CC(=O)NCc2ccccc2)S1)c1ccco1. The Morgan fingerprint density at radius 1 is 1.27 bits per heavy atom. The third kappa shape index (κ3) is 4.82. The molecule has 8 heteroatoms. The minimum Gasteiger partial charge on any atom is -0.463 e. The first-order valence-corrected chi connectivity index (χ1v) is 8.94. The maximum absolute atomic E-state index is 12.1. The van der Waals surface area contributed by atoms with Crippen molar-refractivity contribution in [3.8, 4) is 0 Å². The number of rotatable bonds is 6. The average molecular weight is 370 g/mol. The van der Waals surface area contributed by atoms with Crippen LogP contribution in [0.4, 0.5) is 0 Å². The van der Waals surface area contributed by atoms with Crippen molar-refractivity contribution >= 4 is 34.5 Å². The number of amidine groups is 1. The van der Waals surface area contributed by atoms with Gasteiger partial charge in [0, 0.05) is 13.0 Å². The molecule has 0 aliphatic carbocycles. The molecule has 1 fully saturated rings. The van der Waals surface area contributed by atoms with E-state index >= 15 is 0 Å². The zero-order valence-electron chi connectivity index (χ0n) is 14.1. The smallest absolute Gasteiger partial charge is 0.240 e. The second-order valence-corrected chi connectivity index (χ2v) is 6.82. The molecule has 2 amide bonds. The van der Waals surface area contributed by atoms with Gasteiger partial charge in [0.05, 0.1) is 6.26 Å². The first kappa shape index (κ1) is 17.9. The van der Waals surface area contributed by atoms with Crippen molar-refractivity contribution in [2.24, 2.45) is 10.2 Å². The van der Waals surface area contributed by atoms with Crippen LogP contribution >= 0.6 is 11.8 Å². The van der Waals surface area contributed by atoms with Gasteiger partial charge in [0.1, 0.15) is 16.7 Å². The van der Waals surface area contributed by atoms with Crippen molar-refractivity contribution < 1.29 is 14.0 Å². The molecule has 1 saturated heterocycles. The van der Waals surface area contributed by atoms with Gasteiger partial charge >= 0.3 is 0 Å². The minimum absolute atomic E-state index is 0.0865. The molecule has 2 aromatic rings. The van der Waals surface area contributed by atoms with E-state index < -0.39 is 5.25 Å². The van der Waals surface area contributed by atoms with Gasteiger partial charge in [0.2, 0.25) is 11.8 Å². The lowest BCUT2D eigenvalue weighted by Gasteiger charge is -2.07. The maximum atomic E-state index is 12.1. The van der Waals surface area contributed by atoms with E-state index in [2.05, 4.69) is 20.8 Å². The van der Waals surface area contributed by atoms with E-state index in [0.29, 0.717) is 23.2 Å². The lowest BCUT2D eigenvalue weighted by Crippen LogP contribution is -2.31. The first-order chi connectivity index (χ1) is 12.6. The van der Waals surface area contributed by atoms with Gasteiger partial charge in [0.15, 0.2) is 5.17 Å². The third-order valence-electron chi connectivity index (χ3n) is 3.65. The monoisotopic (exact) mass is 370 g/mol. The van der Waals surface area contributed by atoms with Gasteiger partial charge in [-0.25, -0.2) is 0 Å². The zero-order chi connectivity index (χ0) is 18.4. The van der Waals surface area contributed by atoms with Gasteiger partial charge in [-0.05, 0) is 24.6 Å². The summed E-state index contributed by atoms with van der Waals surface area (Å²) in [5.41, 5.74) is 1.61. The summed E-state index contributed by atoms with van der Waals surface area (Å²) < 4.78 is 5.22. The summed E-state index contributed by atoms with van der Waals surface area (Å²) in [7, 11) is 0. The summed E-state index contributed by atoms with van der Waals surface area (Å²) in [5.74, 6) is 0.188. The van der Waals surface area contributed by atoms with Gasteiger partial charge < -0.3 is 15.1 Å². The number of furan rings is 1. The number of nitrogens with one attached hydrogen (secondary N) is 2. The van der Waals surface area contributed by atoms with Gasteiger partial charge in [-0.3, -0.25) is 9.59 Å². The van der Waals surface area contributed by atoms with Gasteiger partial charge in [0.25, 0.3) is 0 Å². The van der Waals surface area contributed by atoms with E-state index in [1.807, 2.05) is 30.3 Å². The van der Waals surface area contributed by atoms with Crippen LogP contribution in [-0.4, -0.2) is 27.9 Å². The fraction of sp³-hybridized carbons (Fsp3) is 0.222. The molecule has 1 atom stereocenters. The summed E-state index contributed by atoms with van der Waals surface area (Å²) in [4.78, 5) is 24.1. The lowest BCUT2D eigenvalue weighted by molar-refractivity contribution is -0.125. The fourth-order valence-electron chi connectivity index (χ4n) is 2.28. The van der Waals surface area contributed by atoms with Crippen LogP contribution in [0.5, 0.6) is 0 Å². The second-order valence-electron chi connectivity index (χ2n) is 5.63. The number of thioether (sulfide) groups is 1. The molecule has 1 aromatic heterocycles. The Kier molecular flexibility index (Phi) is 5.85. The number of carbonyl (C=O) groups is 2. The molecule has 0 unspecified atom stereocenters. The number of hydrogen-bond acceptors (Lipinski definition) is 6. The van der Waals surface area contributed by atoms with E-state index in [9.17, 15) is 9.59 Å². The minimum atomic E-state index is -0.511. The molecule has 3 rings (SSSR count). The van der Waals surface area contributed by atoms with Crippen LogP contribution in [-0.2, 0) is 16.1 Å². The Morgan fingerprint density at radius 3 is 2.81 bits per heavy atom. The quantitative estimate of drug-likeness (QED) is 0.602. The highest BCUT2D eigenvalue weighted by molar-refractivity contribution is 8.15. The maximum Gasteiger partial charge on any atom is 0.240 e. The largest absolute Gasteiger partial charge is 0.463 e. The molecule has 1 aliphatic heterocycles. The molecule has 0 saturated carbocycles. The second kappa shape index (κ2) is 8.48. The Bertz CT molecular complexity index is 831. The topological polar surface area (TPSA) is 96.1 Å². The van der Waals surface area contributed by atoms with Crippen molar-refractivity contribution in [3.05, 3.63) is 60.1 Å². The van der Waals surface area contributed by atoms with Gasteiger partial charge in [-0.15, -0.1) is 10.2 Å². The van der Waals surface area contributed by atoms with Crippen LogP contribution in [0.15, 0.2) is 63.3 Å². The molecule has 0 radical (unpaired) electrons. The summed E-state index contributed by atoms with van der Waals surface area (Å²) in [5, 5.41) is 13.4. The van der Waals surface area contributed by atoms with E-state index in [1.165, 1.54) is 11.8 Å². The number of amides is 2. The highest BCUT2D eigenvalue weighted by atomic mass is 32.2. The number of benzene rings is 1. The van der Waals surface area contributed by atoms with E-state index in [4.69, 9.17) is 4.42 Å². The first-order valence-electron chi connectivity index (χ1n) is 8.06. The van der Waals surface area contributed by atoms with E-state index in [1.54, 1.807) is 25.3 Å². The molecule has 0 bridgehead atoms. The third-order valence-corrected chi connectivity index (χ3v) is 4.72. The highest BCUT2D eigenvalue weighted by Crippen LogP contribution is 2.22. The van der Waals surface area contributed by atoms with Gasteiger partial charge in [-0.2, -0.15) is 0 Å². The summed E-state index contributed by atoms with van der Waals surface area (Å²) >= 11 is 1.20. The van der Waals surface area contributed by atoms with Crippen molar-refractivity contribution in [3.63, 3.8) is 0 Å². The molecular weight excluding hydrogens is 352 g/mol. The standard InChI is InChI=1S/C18H18N4O3S/c1-12(14-8-5-9-25-14)21-22-18-20-17(24)15(26-18)10-16(23)19-11-13-6-3-2-4-7-13/h2-9,15H,10-11H2,1H3,(H,19,23)(H,20,22,24)/b21-12-/t15-/m0/s1. The van der Waals surface area contributed by atoms with Crippen LogP contribution in [0.25, 0.3) is 0 Å². The van der Waals surface area contributed by atoms with Crippen LogP contribution in [0, 0.1) is 0 Å². The summed E-state index contributed by atoms with van der Waals surface area (Å²) in [6.07, 6.45) is 1.64. The normalized spacial score (nSPS) is 18.8. The number of hydrogen-bond donors (Lipinski definition) is 2. The molecule has 134 valence electrons. The average Bonchev–Trinajstić information content (AvgIpc) is 3.29. The van der Waals surface area contributed by atoms with Crippen molar-refractivity contribution in [1.82, 2.24) is 10.6 Å². The van der Waals surface area contributed by atoms with Crippen molar-refractivity contribution in [2.45, 2.75) is 25.1 Å². The Labute approximate surface area is 155 Å². The number of carbonyl (C=O) groups excluding carboxylic acids is 2. The molecule has 1 aliphatic rings. The van der Waals surface area contributed by atoms with Crippen LogP contribution in [0.2, 0.25) is 0 Å². The van der Waals surface area contributed by atoms with Crippen molar-refractivity contribution in [1.29, 1.82) is 0 Å². The molecule has 7 nitrogen and oxygen atoms in total. The molecule has 0 spiro atoms. The molecule has 26 heavy (non-hydrogen) atoms. The lowest BCUT2D eigenvalue weighted by atomic mass is 10.2. The van der Waals surface area contributed by atoms with E-state index in [-0.39, 0.29) is 18.2 Å². The Balaban J connectivity index is 1.52.